The van der Waals surface area contributed by atoms with Gasteiger partial charge in [0.05, 0.1) is 0 Å². The summed E-state index contributed by atoms with van der Waals surface area (Å²) in [5.41, 5.74) is 5.81. The van der Waals surface area contributed by atoms with E-state index < -0.39 is 5.91 Å². The minimum atomic E-state index is -0.443. The predicted molar refractivity (Wildman–Crippen MR) is 42.5 cm³/mol. The molecule has 1 rings (SSSR count). The van der Waals surface area contributed by atoms with Crippen LogP contribution < -0.4 is 5.73 Å². The van der Waals surface area contributed by atoms with Gasteiger partial charge in [-0.3, -0.25) is 9.78 Å². The van der Waals surface area contributed by atoms with Crippen molar-refractivity contribution in [1.29, 1.82) is 0 Å². The second-order valence-corrected chi connectivity index (χ2v) is 2.02. The van der Waals surface area contributed by atoms with Gasteiger partial charge < -0.3 is 5.73 Å². The molecule has 0 unspecified atom stereocenters. The first-order chi connectivity index (χ1) is 5.29. The molecule has 0 fully saturated rings. The molecule has 1 heterocycles. The molecule has 3 nitrogen and oxygen atoms in total. The molecule has 2 N–H and O–H groups in total. The lowest BCUT2D eigenvalue weighted by Crippen LogP contribution is -2.04. The van der Waals surface area contributed by atoms with Crippen LogP contribution in [-0.2, 0) is 4.79 Å². The number of primary amides is 1. The van der Waals surface area contributed by atoms with E-state index >= 15 is 0 Å². The van der Waals surface area contributed by atoms with E-state index in [2.05, 4.69) is 4.98 Å². The van der Waals surface area contributed by atoms with Gasteiger partial charge in [-0.15, -0.1) is 0 Å². The van der Waals surface area contributed by atoms with Crippen molar-refractivity contribution in [3.63, 3.8) is 0 Å². The Labute approximate surface area is 64.6 Å². The summed E-state index contributed by atoms with van der Waals surface area (Å²) in [6, 6.07) is 3.58. The molecule has 0 radical (unpaired) electrons. The molecule has 11 heavy (non-hydrogen) atoms. The van der Waals surface area contributed by atoms with Gasteiger partial charge in [0.1, 0.15) is 0 Å². The smallest absolute Gasteiger partial charge is 0.241 e. The molecule has 0 saturated heterocycles. The molecular weight excluding hydrogens is 140 g/mol. The van der Waals surface area contributed by atoms with Gasteiger partial charge in [0.15, 0.2) is 0 Å². The van der Waals surface area contributed by atoms with E-state index in [0.717, 1.165) is 5.56 Å². The lowest BCUT2D eigenvalue weighted by atomic mass is 10.2. The number of carbonyl (C=O) groups excluding carboxylic acids is 1. The van der Waals surface area contributed by atoms with Crippen LogP contribution in [-0.4, -0.2) is 10.9 Å². The van der Waals surface area contributed by atoms with E-state index in [4.69, 9.17) is 5.73 Å². The molecule has 1 amide bonds. The second kappa shape index (κ2) is 3.51. The number of aromatic nitrogens is 1. The summed E-state index contributed by atoms with van der Waals surface area (Å²) in [6.45, 7) is 0. The minimum absolute atomic E-state index is 0.443. The Bertz CT molecular complexity index is 267. The van der Waals surface area contributed by atoms with E-state index in [0.29, 0.717) is 0 Å². The topological polar surface area (TPSA) is 56.0 Å². The van der Waals surface area contributed by atoms with E-state index in [1.54, 1.807) is 30.6 Å². The zero-order valence-corrected chi connectivity index (χ0v) is 5.90. The van der Waals surface area contributed by atoms with Gasteiger partial charge in [-0.2, -0.15) is 0 Å². The van der Waals surface area contributed by atoms with Crippen LogP contribution in [0.25, 0.3) is 6.08 Å². The van der Waals surface area contributed by atoms with Gasteiger partial charge in [-0.05, 0) is 23.8 Å². The van der Waals surface area contributed by atoms with Gasteiger partial charge in [-0.1, -0.05) is 0 Å². The fraction of sp³-hybridized carbons (Fsp3) is 0. The summed E-state index contributed by atoms with van der Waals surface area (Å²) < 4.78 is 0. The quantitative estimate of drug-likeness (QED) is 0.624. The summed E-state index contributed by atoms with van der Waals surface area (Å²) in [5.74, 6) is -0.443. The largest absolute Gasteiger partial charge is 0.366 e. The van der Waals surface area contributed by atoms with Crippen LogP contribution in [0.3, 0.4) is 0 Å². The van der Waals surface area contributed by atoms with Gasteiger partial charge >= 0.3 is 0 Å². The molecular formula is C8H8N2O. The number of hydrogen-bond donors (Lipinski definition) is 1. The normalized spacial score (nSPS) is 10.2. The van der Waals surface area contributed by atoms with Crippen molar-refractivity contribution in [2.75, 3.05) is 0 Å². The molecule has 1 aromatic heterocycles. The molecule has 0 aromatic carbocycles. The van der Waals surface area contributed by atoms with E-state index in [9.17, 15) is 4.79 Å². The van der Waals surface area contributed by atoms with Crippen LogP contribution in [0, 0.1) is 0 Å². The lowest BCUT2D eigenvalue weighted by molar-refractivity contribution is -0.113. The molecule has 0 bridgehead atoms. The number of nitrogens with two attached hydrogens (primary N) is 1. The maximum atomic E-state index is 10.3. The van der Waals surface area contributed by atoms with E-state index in [-0.39, 0.29) is 0 Å². The van der Waals surface area contributed by atoms with Crippen LogP contribution in [0.15, 0.2) is 30.6 Å². The summed E-state index contributed by atoms with van der Waals surface area (Å²) in [5, 5.41) is 0. The van der Waals surface area contributed by atoms with Crippen molar-refractivity contribution < 1.29 is 4.79 Å². The fourth-order valence-electron chi connectivity index (χ4n) is 0.653. The number of rotatable bonds is 2. The first-order valence-corrected chi connectivity index (χ1v) is 3.16. The lowest BCUT2D eigenvalue weighted by Gasteiger charge is -1.87. The Morgan fingerprint density at radius 3 is 2.64 bits per heavy atom. The Morgan fingerprint density at radius 2 is 2.09 bits per heavy atom. The average molecular weight is 148 g/mol. The molecule has 0 spiro atoms. The molecule has 0 aliphatic heterocycles. The third kappa shape index (κ3) is 2.62. The van der Waals surface area contributed by atoms with Gasteiger partial charge in [0, 0.05) is 18.5 Å². The average Bonchev–Trinajstić information content (AvgIpc) is 2.03. The van der Waals surface area contributed by atoms with Crippen molar-refractivity contribution in [3.8, 4) is 0 Å². The first kappa shape index (κ1) is 7.47. The zero-order valence-electron chi connectivity index (χ0n) is 5.90. The van der Waals surface area contributed by atoms with Crippen molar-refractivity contribution >= 4 is 12.0 Å². The first-order valence-electron chi connectivity index (χ1n) is 3.16. The molecule has 3 heteroatoms. The highest BCUT2D eigenvalue weighted by Gasteiger charge is 1.84. The summed E-state index contributed by atoms with van der Waals surface area (Å²) in [6.07, 6.45) is 6.26. The highest BCUT2D eigenvalue weighted by atomic mass is 16.1. The summed E-state index contributed by atoms with van der Waals surface area (Å²) in [7, 11) is 0. The zero-order chi connectivity index (χ0) is 8.10. The standard InChI is InChI=1S/C8H8N2O/c9-8(11)2-1-7-3-5-10-6-4-7/h1-6H,(H2,9,11)/b2-1-. The Kier molecular flexibility index (Phi) is 2.38. The number of nitrogens with zero attached hydrogens (tertiary/aromatic N) is 1. The number of amides is 1. The third-order valence-electron chi connectivity index (χ3n) is 1.15. The molecule has 0 aliphatic rings. The Balaban J connectivity index is 2.72. The second-order valence-electron chi connectivity index (χ2n) is 2.02. The monoisotopic (exact) mass is 148 g/mol. The van der Waals surface area contributed by atoms with Crippen LogP contribution in [0.4, 0.5) is 0 Å². The number of hydrogen-bond acceptors (Lipinski definition) is 2. The highest BCUT2D eigenvalue weighted by Crippen LogP contribution is 1.97. The molecule has 1 aromatic rings. The van der Waals surface area contributed by atoms with Crippen molar-refractivity contribution in [2.45, 2.75) is 0 Å². The highest BCUT2D eigenvalue weighted by molar-refractivity contribution is 5.90. The predicted octanol–water partition coefficient (Wildman–Crippen LogP) is 0.580. The maximum absolute atomic E-state index is 10.3. The summed E-state index contributed by atoms with van der Waals surface area (Å²) in [4.78, 5) is 14.1. The van der Waals surface area contributed by atoms with Gasteiger partial charge in [0.25, 0.3) is 0 Å². The molecule has 56 valence electrons. The number of carbonyl (C=O) groups is 1. The van der Waals surface area contributed by atoms with Crippen molar-refractivity contribution in [1.82, 2.24) is 4.98 Å². The molecule has 0 aliphatic carbocycles. The van der Waals surface area contributed by atoms with Crippen molar-refractivity contribution in [2.24, 2.45) is 5.73 Å². The van der Waals surface area contributed by atoms with Crippen LogP contribution in [0.5, 0.6) is 0 Å². The minimum Gasteiger partial charge on any atom is -0.366 e. The van der Waals surface area contributed by atoms with E-state index in [1.807, 2.05) is 0 Å². The van der Waals surface area contributed by atoms with Gasteiger partial charge in [-0.25, -0.2) is 0 Å². The van der Waals surface area contributed by atoms with Crippen LogP contribution in [0.2, 0.25) is 0 Å². The Morgan fingerprint density at radius 1 is 1.45 bits per heavy atom. The van der Waals surface area contributed by atoms with Gasteiger partial charge in [0.2, 0.25) is 5.91 Å². The Hall–Kier alpha value is -1.64. The van der Waals surface area contributed by atoms with E-state index in [1.165, 1.54) is 6.08 Å². The molecule has 0 atom stereocenters. The third-order valence-corrected chi connectivity index (χ3v) is 1.15. The fourth-order valence-corrected chi connectivity index (χ4v) is 0.653. The molecule has 0 saturated carbocycles. The summed E-state index contributed by atoms with van der Waals surface area (Å²) >= 11 is 0. The SMILES string of the molecule is NC(=O)/C=C\c1ccncc1. The van der Waals surface area contributed by atoms with Crippen LogP contribution in [0.1, 0.15) is 5.56 Å². The van der Waals surface area contributed by atoms with Crippen molar-refractivity contribution in [3.05, 3.63) is 36.2 Å². The van der Waals surface area contributed by atoms with Crippen LogP contribution >= 0.6 is 0 Å². The maximum Gasteiger partial charge on any atom is 0.241 e. The number of pyridine rings is 1.